The molecule has 3 rings (SSSR count). The van der Waals surface area contributed by atoms with Crippen LogP contribution in [0.5, 0.6) is 0 Å². The van der Waals surface area contributed by atoms with Gasteiger partial charge in [-0.2, -0.15) is 0 Å². The lowest BCUT2D eigenvalue weighted by Crippen LogP contribution is -2.24. The monoisotopic (exact) mass is 363 g/mol. The van der Waals surface area contributed by atoms with Gasteiger partial charge in [-0.25, -0.2) is 0 Å². The third kappa shape index (κ3) is 3.75. The summed E-state index contributed by atoms with van der Waals surface area (Å²) in [6, 6.07) is 15.8. The summed E-state index contributed by atoms with van der Waals surface area (Å²) in [5, 5.41) is 1.04. The average molecular weight is 364 g/mol. The smallest absolute Gasteiger partial charge is 0.310 e. The third-order valence-electron chi connectivity index (χ3n) is 4.52. The molecule has 2 atom stereocenters. The summed E-state index contributed by atoms with van der Waals surface area (Å²) in [5.74, 6) is -0.325. The molecule has 0 spiro atoms. The van der Waals surface area contributed by atoms with E-state index >= 15 is 0 Å². The van der Waals surface area contributed by atoms with Gasteiger partial charge in [0, 0.05) is 25.6 Å². The fraction of sp³-hybridized carbons (Fsp3) is 0.316. The van der Waals surface area contributed by atoms with Crippen molar-refractivity contribution >= 4 is 29.2 Å². The quantitative estimate of drug-likeness (QED) is 0.754. The first-order chi connectivity index (χ1) is 11.6. The Hall–Kier alpha value is -1.55. The van der Waals surface area contributed by atoms with Crippen molar-refractivity contribution in [3.63, 3.8) is 0 Å². The molecule has 0 saturated carbocycles. The number of esters is 1. The molecule has 126 valence electrons. The zero-order chi connectivity index (χ0) is 17.1. The van der Waals surface area contributed by atoms with Crippen LogP contribution in [0, 0.1) is 5.92 Å². The van der Waals surface area contributed by atoms with Gasteiger partial charge in [0.2, 0.25) is 0 Å². The standard InChI is InChI=1S/C19H19Cl2NO2/c1-24-19(23)16-12-22(10-13-5-3-2-4-6-13)11-15(16)14-7-8-17(20)18(21)9-14/h2-9,15-16H,10-12H2,1H3. The minimum absolute atomic E-state index is 0.0518. The second-order valence-electron chi connectivity index (χ2n) is 6.09. The Kier molecular flexibility index (Phi) is 5.44. The maximum atomic E-state index is 12.2. The second-order valence-corrected chi connectivity index (χ2v) is 6.90. The lowest BCUT2D eigenvalue weighted by molar-refractivity contribution is -0.145. The van der Waals surface area contributed by atoms with Gasteiger partial charge in [-0.05, 0) is 23.3 Å². The molecule has 24 heavy (non-hydrogen) atoms. The summed E-state index contributed by atoms with van der Waals surface area (Å²) >= 11 is 12.2. The van der Waals surface area contributed by atoms with Crippen molar-refractivity contribution in [1.29, 1.82) is 0 Å². The first-order valence-corrected chi connectivity index (χ1v) is 8.63. The highest BCUT2D eigenvalue weighted by Gasteiger charge is 2.39. The Bertz CT molecular complexity index is 721. The van der Waals surface area contributed by atoms with Crippen molar-refractivity contribution in [3.05, 3.63) is 69.7 Å². The van der Waals surface area contributed by atoms with Crippen LogP contribution in [0.4, 0.5) is 0 Å². The van der Waals surface area contributed by atoms with Crippen LogP contribution in [-0.4, -0.2) is 31.1 Å². The Morgan fingerprint density at radius 2 is 1.88 bits per heavy atom. The maximum absolute atomic E-state index is 12.2. The molecule has 0 radical (unpaired) electrons. The number of carbonyl (C=O) groups is 1. The van der Waals surface area contributed by atoms with Crippen molar-refractivity contribution in [2.75, 3.05) is 20.2 Å². The lowest BCUT2D eigenvalue weighted by Gasteiger charge is -2.17. The molecule has 0 bridgehead atoms. The average Bonchev–Trinajstić information content (AvgIpc) is 3.01. The predicted molar refractivity (Wildman–Crippen MR) is 96.4 cm³/mol. The number of hydrogen-bond acceptors (Lipinski definition) is 3. The van der Waals surface area contributed by atoms with E-state index in [9.17, 15) is 4.79 Å². The number of nitrogens with zero attached hydrogens (tertiary/aromatic N) is 1. The van der Waals surface area contributed by atoms with Crippen molar-refractivity contribution < 1.29 is 9.53 Å². The van der Waals surface area contributed by atoms with Crippen LogP contribution in [0.25, 0.3) is 0 Å². The van der Waals surface area contributed by atoms with Gasteiger partial charge < -0.3 is 4.74 Å². The Morgan fingerprint density at radius 3 is 2.54 bits per heavy atom. The molecule has 5 heteroatoms. The molecule has 1 aliphatic rings. The highest BCUT2D eigenvalue weighted by Crippen LogP contribution is 2.36. The maximum Gasteiger partial charge on any atom is 0.310 e. The number of carbonyl (C=O) groups excluding carboxylic acids is 1. The molecule has 2 aromatic carbocycles. The molecule has 1 saturated heterocycles. The van der Waals surface area contributed by atoms with Crippen LogP contribution in [0.3, 0.4) is 0 Å². The van der Waals surface area contributed by atoms with E-state index in [2.05, 4.69) is 17.0 Å². The molecule has 1 fully saturated rings. The van der Waals surface area contributed by atoms with E-state index in [-0.39, 0.29) is 17.8 Å². The van der Waals surface area contributed by atoms with E-state index in [0.29, 0.717) is 16.6 Å². The van der Waals surface area contributed by atoms with Crippen molar-refractivity contribution in [2.24, 2.45) is 5.92 Å². The molecule has 2 unspecified atom stereocenters. The molecule has 1 aliphatic heterocycles. The molecule has 0 aromatic heterocycles. The molecule has 0 amide bonds. The van der Waals surface area contributed by atoms with E-state index < -0.39 is 0 Å². The molecular formula is C19H19Cl2NO2. The molecule has 0 N–H and O–H groups in total. The number of hydrogen-bond donors (Lipinski definition) is 0. The number of halogens is 2. The molecule has 2 aromatic rings. The fourth-order valence-electron chi connectivity index (χ4n) is 3.33. The van der Waals surface area contributed by atoms with Crippen LogP contribution >= 0.6 is 23.2 Å². The van der Waals surface area contributed by atoms with Crippen LogP contribution < -0.4 is 0 Å². The van der Waals surface area contributed by atoms with Crippen molar-refractivity contribution in [2.45, 2.75) is 12.5 Å². The fourth-order valence-corrected chi connectivity index (χ4v) is 3.63. The zero-order valence-corrected chi connectivity index (χ0v) is 14.9. The summed E-state index contributed by atoms with van der Waals surface area (Å²) in [5.41, 5.74) is 2.26. The van der Waals surface area contributed by atoms with E-state index in [1.165, 1.54) is 12.7 Å². The van der Waals surface area contributed by atoms with Gasteiger partial charge in [-0.3, -0.25) is 9.69 Å². The van der Waals surface area contributed by atoms with Gasteiger partial charge in [-0.15, -0.1) is 0 Å². The summed E-state index contributed by atoms with van der Waals surface area (Å²) in [4.78, 5) is 14.5. The molecule has 1 heterocycles. The minimum atomic E-state index is -0.198. The van der Waals surface area contributed by atoms with Crippen molar-refractivity contribution in [3.8, 4) is 0 Å². The normalized spacial score (nSPS) is 21.0. The van der Waals surface area contributed by atoms with Gasteiger partial charge in [0.25, 0.3) is 0 Å². The number of ether oxygens (including phenoxy) is 1. The zero-order valence-electron chi connectivity index (χ0n) is 13.4. The first kappa shape index (κ1) is 17.3. The highest BCUT2D eigenvalue weighted by atomic mass is 35.5. The molecule has 3 nitrogen and oxygen atoms in total. The Labute approximate surface area is 152 Å². The number of rotatable bonds is 4. The van der Waals surface area contributed by atoms with Gasteiger partial charge >= 0.3 is 5.97 Å². The SMILES string of the molecule is COC(=O)C1CN(Cc2ccccc2)CC1c1ccc(Cl)c(Cl)c1. The lowest BCUT2D eigenvalue weighted by atomic mass is 9.89. The first-order valence-electron chi connectivity index (χ1n) is 7.87. The van der Waals surface area contributed by atoms with Gasteiger partial charge in [-0.1, -0.05) is 59.6 Å². The van der Waals surface area contributed by atoms with E-state index in [1.807, 2.05) is 30.3 Å². The summed E-state index contributed by atoms with van der Waals surface area (Å²) in [6.45, 7) is 2.27. The van der Waals surface area contributed by atoms with Gasteiger partial charge in [0.1, 0.15) is 0 Å². The second kappa shape index (κ2) is 7.56. The third-order valence-corrected chi connectivity index (χ3v) is 5.26. The van der Waals surface area contributed by atoms with Crippen LogP contribution in [-0.2, 0) is 16.1 Å². The highest BCUT2D eigenvalue weighted by molar-refractivity contribution is 6.42. The van der Waals surface area contributed by atoms with Crippen LogP contribution in [0.15, 0.2) is 48.5 Å². The van der Waals surface area contributed by atoms with Gasteiger partial charge in [0.15, 0.2) is 0 Å². The van der Waals surface area contributed by atoms with Crippen LogP contribution in [0.1, 0.15) is 17.0 Å². The van der Waals surface area contributed by atoms with Crippen molar-refractivity contribution in [1.82, 2.24) is 4.90 Å². The minimum Gasteiger partial charge on any atom is -0.469 e. The predicted octanol–water partition coefficient (Wildman–Crippen LogP) is 4.38. The summed E-state index contributed by atoms with van der Waals surface area (Å²) < 4.78 is 5.01. The largest absolute Gasteiger partial charge is 0.469 e. The Morgan fingerprint density at radius 1 is 1.12 bits per heavy atom. The Balaban J connectivity index is 1.82. The molecular weight excluding hydrogens is 345 g/mol. The van der Waals surface area contributed by atoms with E-state index in [4.69, 9.17) is 27.9 Å². The topological polar surface area (TPSA) is 29.5 Å². The number of likely N-dealkylation sites (tertiary alicyclic amines) is 1. The molecule has 0 aliphatic carbocycles. The number of benzene rings is 2. The van der Waals surface area contributed by atoms with E-state index in [1.54, 1.807) is 6.07 Å². The summed E-state index contributed by atoms with van der Waals surface area (Å²) in [6.07, 6.45) is 0. The van der Waals surface area contributed by atoms with E-state index in [0.717, 1.165) is 18.7 Å². The number of methoxy groups -OCH3 is 1. The van der Waals surface area contributed by atoms with Crippen LogP contribution in [0.2, 0.25) is 10.0 Å². The summed E-state index contributed by atoms with van der Waals surface area (Å²) in [7, 11) is 1.44. The van der Waals surface area contributed by atoms with Gasteiger partial charge in [0.05, 0.1) is 23.1 Å².